The first-order valence-corrected chi connectivity index (χ1v) is 14.8. The van der Waals surface area contributed by atoms with Crippen LogP contribution in [0, 0.1) is 37.0 Å². The molecule has 1 fully saturated rings. The SMILES string of the molecule is C#CCO[C@@H]1[C@@H](OCC#C)[C@@H](OC)O[C@H](CO[Si](c2ccccc2)(c2ccccc2)C(C)(C)C)[C@H]1OCC#C. The van der Waals surface area contributed by atoms with Crippen LogP contribution >= 0.6 is 0 Å². The lowest BCUT2D eigenvalue weighted by Gasteiger charge is -2.47. The highest BCUT2D eigenvalue weighted by molar-refractivity contribution is 6.99. The summed E-state index contributed by atoms with van der Waals surface area (Å²) in [6.45, 7) is 6.96. The van der Waals surface area contributed by atoms with Crippen LogP contribution in [0.25, 0.3) is 0 Å². The lowest BCUT2D eigenvalue weighted by Crippen LogP contribution is -2.68. The van der Waals surface area contributed by atoms with Gasteiger partial charge in [0.2, 0.25) is 0 Å². The van der Waals surface area contributed by atoms with E-state index in [9.17, 15) is 0 Å². The van der Waals surface area contributed by atoms with Gasteiger partial charge in [-0.3, -0.25) is 0 Å². The molecule has 1 aliphatic heterocycles. The Morgan fingerprint density at radius 1 is 0.744 bits per heavy atom. The maximum absolute atomic E-state index is 7.14. The average molecular weight is 547 g/mol. The summed E-state index contributed by atoms with van der Waals surface area (Å²) in [7, 11) is -1.32. The van der Waals surface area contributed by atoms with Crippen molar-refractivity contribution in [1.29, 1.82) is 0 Å². The number of hydrogen-bond donors (Lipinski definition) is 0. The highest BCUT2D eigenvalue weighted by Crippen LogP contribution is 2.38. The molecule has 39 heavy (non-hydrogen) atoms. The molecule has 3 rings (SSSR count). The van der Waals surface area contributed by atoms with Crippen molar-refractivity contribution in [2.24, 2.45) is 0 Å². The zero-order valence-electron chi connectivity index (χ0n) is 23.2. The van der Waals surface area contributed by atoms with Gasteiger partial charge in [0.1, 0.15) is 44.2 Å². The van der Waals surface area contributed by atoms with Gasteiger partial charge in [0.05, 0.1) is 6.61 Å². The Hall–Kier alpha value is -2.90. The van der Waals surface area contributed by atoms with Crippen molar-refractivity contribution in [2.45, 2.75) is 56.5 Å². The first kappa shape index (κ1) is 30.6. The first-order chi connectivity index (χ1) is 18.8. The summed E-state index contributed by atoms with van der Waals surface area (Å²) >= 11 is 0. The molecule has 0 saturated carbocycles. The van der Waals surface area contributed by atoms with Gasteiger partial charge < -0.3 is 28.1 Å². The third-order valence-electron chi connectivity index (χ3n) is 6.78. The zero-order valence-corrected chi connectivity index (χ0v) is 24.2. The standard InChI is InChI=1S/C32H38O6Si/c1-8-21-34-28-27(38-31(33-7)30(36-23-10-3)29(28)35-22-9-2)24-37-39(32(4,5)6,25-17-13-11-14-18-25)26-19-15-12-16-20-26/h1-3,11-20,27-31H,21-24H2,4-7H3/t27-,28-,29+,30-,31+/m1/s1. The van der Waals surface area contributed by atoms with Crippen molar-refractivity contribution < 1.29 is 28.1 Å². The van der Waals surface area contributed by atoms with Crippen LogP contribution in [0.4, 0.5) is 0 Å². The van der Waals surface area contributed by atoms with Crippen LogP contribution in [0.2, 0.25) is 5.04 Å². The Labute approximate surface area is 234 Å². The van der Waals surface area contributed by atoms with Crippen molar-refractivity contribution >= 4 is 18.7 Å². The van der Waals surface area contributed by atoms with Crippen molar-refractivity contribution in [3.05, 3.63) is 60.7 Å². The summed E-state index contributed by atoms with van der Waals surface area (Å²) in [5, 5.41) is 2.08. The van der Waals surface area contributed by atoms with E-state index in [2.05, 4.69) is 62.8 Å². The quantitative estimate of drug-likeness (QED) is 0.302. The minimum absolute atomic E-state index is 0.0366. The lowest BCUT2D eigenvalue weighted by molar-refractivity contribution is -0.311. The predicted molar refractivity (Wildman–Crippen MR) is 155 cm³/mol. The van der Waals surface area contributed by atoms with E-state index in [1.165, 1.54) is 7.11 Å². The fourth-order valence-corrected chi connectivity index (χ4v) is 9.74. The van der Waals surface area contributed by atoms with E-state index in [1.807, 2.05) is 36.4 Å². The minimum atomic E-state index is -2.86. The fraction of sp³-hybridized carbons (Fsp3) is 0.438. The second-order valence-electron chi connectivity index (χ2n) is 10.2. The van der Waals surface area contributed by atoms with E-state index in [1.54, 1.807) is 0 Å². The molecule has 0 N–H and O–H groups in total. The number of hydrogen-bond acceptors (Lipinski definition) is 6. The molecule has 1 saturated heterocycles. The predicted octanol–water partition coefficient (Wildman–Crippen LogP) is 2.99. The smallest absolute Gasteiger partial charge is 0.261 e. The summed E-state index contributed by atoms with van der Waals surface area (Å²) in [6.07, 6.45) is 13.2. The molecule has 2 aromatic carbocycles. The first-order valence-electron chi connectivity index (χ1n) is 12.9. The van der Waals surface area contributed by atoms with Crippen LogP contribution in [0.15, 0.2) is 60.7 Å². The third kappa shape index (κ3) is 7.00. The molecule has 7 heteroatoms. The minimum Gasteiger partial charge on any atom is -0.405 e. The molecule has 0 amide bonds. The Morgan fingerprint density at radius 2 is 1.21 bits per heavy atom. The Bertz CT molecular complexity index is 1100. The average Bonchev–Trinajstić information content (AvgIpc) is 2.95. The normalized spacial score (nSPS) is 23.4. The molecule has 0 spiro atoms. The van der Waals surface area contributed by atoms with Crippen molar-refractivity contribution in [3.8, 4) is 37.0 Å². The van der Waals surface area contributed by atoms with Gasteiger partial charge in [-0.2, -0.15) is 0 Å². The second-order valence-corrected chi connectivity index (χ2v) is 14.5. The molecule has 0 radical (unpaired) electrons. The second kappa shape index (κ2) is 14.5. The van der Waals surface area contributed by atoms with E-state index in [4.69, 9.17) is 47.4 Å². The van der Waals surface area contributed by atoms with Crippen LogP contribution in [0.5, 0.6) is 0 Å². The van der Waals surface area contributed by atoms with Crippen molar-refractivity contribution in [3.63, 3.8) is 0 Å². The zero-order chi connectivity index (χ0) is 28.3. The van der Waals surface area contributed by atoms with E-state index in [-0.39, 0.29) is 31.5 Å². The van der Waals surface area contributed by atoms with Gasteiger partial charge in [-0.15, -0.1) is 19.3 Å². The maximum atomic E-state index is 7.14. The molecule has 6 nitrogen and oxygen atoms in total. The lowest BCUT2D eigenvalue weighted by atomic mass is 9.98. The summed E-state index contributed by atoms with van der Waals surface area (Å²) in [5.74, 6) is 7.53. The van der Waals surface area contributed by atoms with Gasteiger partial charge >= 0.3 is 0 Å². The molecule has 0 bridgehead atoms. The molecule has 0 unspecified atom stereocenters. The third-order valence-corrected chi connectivity index (χ3v) is 11.8. The topological polar surface area (TPSA) is 55.4 Å². The Morgan fingerprint density at radius 3 is 1.64 bits per heavy atom. The Kier molecular flexibility index (Phi) is 11.4. The Balaban J connectivity index is 2.05. The molecule has 1 heterocycles. The van der Waals surface area contributed by atoms with E-state index in [0.717, 1.165) is 10.4 Å². The van der Waals surface area contributed by atoms with Gasteiger partial charge in [0, 0.05) is 7.11 Å². The molecule has 2 aromatic rings. The molecule has 0 aliphatic carbocycles. The maximum Gasteiger partial charge on any atom is 0.261 e. The number of methoxy groups -OCH3 is 1. The number of benzene rings is 2. The number of ether oxygens (including phenoxy) is 5. The van der Waals surface area contributed by atoms with Gasteiger partial charge in [-0.1, -0.05) is 99.2 Å². The summed E-state index contributed by atoms with van der Waals surface area (Å²) < 4.78 is 37.3. The summed E-state index contributed by atoms with van der Waals surface area (Å²) in [6, 6.07) is 20.8. The van der Waals surface area contributed by atoms with Crippen LogP contribution in [-0.2, 0) is 28.1 Å². The monoisotopic (exact) mass is 546 g/mol. The van der Waals surface area contributed by atoms with Crippen LogP contribution < -0.4 is 10.4 Å². The molecular formula is C32H38O6Si. The van der Waals surface area contributed by atoms with Gasteiger partial charge in [-0.05, 0) is 15.4 Å². The van der Waals surface area contributed by atoms with E-state index in [0.29, 0.717) is 0 Å². The van der Waals surface area contributed by atoms with Crippen LogP contribution in [0.3, 0.4) is 0 Å². The molecule has 206 valence electrons. The number of rotatable bonds is 12. The fourth-order valence-electron chi connectivity index (χ4n) is 5.17. The number of terminal acetylenes is 3. The largest absolute Gasteiger partial charge is 0.405 e. The van der Waals surface area contributed by atoms with E-state index >= 15 is 0 Å². The summed E-state index contributed by atoms with van der Waals surface area (Å²) in [5.41, 5.74) is 0. The van der Waals surface area contributed by atoms with Gasteiger partial charge in [-0.25, -0.2) is 0 Å². The van der Waals surface area contributed by atoms with Crippen molar-refractivity contribution in [2.75, 3.05) is 33.5 Å². The highest BCUT2D eigenvalue weighted by atomic mass is 28.4. The molecule has 5 atom stereocenters. The summed E-state index contributed by atoms with van der Waals surface area (Å²) in [4.78, 5) is 0. The molecule has 1 aliphatic rings. The van der Waals surface area contributed by atoms with Crippen LogP contribution in [-0.4, -0.2) is 72.6 Å². The highest BCUT2D eigenvalue weighted by Gasteiger charge is 2.53. The molecular weight excluding hydrogens is 508 g/mol. The van der Waals surface area contributed by atoms with Gasteiger partial charge in [0.25, 0.3) is 8.32 Å². The van der Waals surface area contributed by atoms with E-state index < -0.39 is 39.0 Å². The van der Waals surface area contributed by atoms with Crippen molar-refractivity contribution in [1.82, 2.24) is 0 Å². The van der Waals surface area contributed by atoms with Gasteiger partial charge in [0.15, 0.2) is 6.29 Å². The van der Waals surface area contributed by atoms with Crippen LogP contribution in [0.1, 0.15) is 20.8 Å². The molecule has 0 aromatic heterocycles.